The Labute approximate surface area is 106 Å². The van der Waals surface area contributed by atoms with Gasteiger partial charge in [-0.15, -0.1) is 12.4 Å². The zero-order valence-corrected chi connectivity index (χ0v) is 10.4. The van der Waals surface area contributed by atoms with E-state index in [1.165, 1.54) is 0 Å². The highest BCUT2D eigenvalue weighted by Gasteiger charge is 2.19. The highest BCUT2D eigenvalue weighted by Crippen LogP contribution is 2.17. The predicted octanol–water partition coefficient (Wildman–Crippen LogP) is 1.81. The van der Waals surface area contributed by atoms with Crippen LogP contribution in [0.2, 0.25) is 5.02 Å². The molecule has 0 aliphatic carbocycles. The number of piperazine rings is 1. The molecular formula is C11H14Cl2N2O. The van der Waals surface area contributed by atoms with E-state index in [0.717, 1.165) is 26.2 Å². The van der Waals surface area contributed by atoms with Crippen molar-refractivity contribution in [3.8, 4) is 0 Å². The van der Waals surface area contributed by atoms with Gasteiger partial charge in [-0.1, -0.05) is 23.7 Å². The van der Waals surface area contributed by atoms with Crippen molar-refractivity contribution in [2.24, 2.45) is 0 Å². The molecule has 88 valence electrons. The molecule has 0 radical (unpaired) electrons. The van der Waals surface area contributed by atoms with Gasteiger partial charge in [0, 0.05) is 26.2 Å². The summed E-state index contributed by atoms with van der Waals surface area (Å²) in [5, 5.41) is 3.74. The van der Waals surface area contributed by atoms with Crippen molar-refractivity contribution in [2.75, 3.05) is 26.2 Å². The lowest BCUT2D eigenvalue weighted by atomic mass is 10.2. The molecule has 0 atom stereocenters. The fourth-order valence-electron chi connectivity index (χ4n) is 1.67. The van der Waals surface area contributed by atoms with Gasteiger partial charge in [-0.3, -0.25) is 4.79 Å². The average molecular weight is 261 g/mol. The van der Waals surface area contributed by atoms with Crippen LogP contribution in [0, 0.1) is 0 Å². The molecule has 0 bridgehead atoms. The highest BCUT2D eigenvalue weighted by atomic mass is 35.5. The van der Waals surface area contributed by atoms with Crippen LogP contribution in [-0.2, 0) is 0 Å². The van der Waals surface area contributed by atoms with Crippen LogP contribution in [0.15, 0.2) is 24.3 Å². The summed E-state index contributed by atoms with van der Waals surface area (Å²) < 4.78 is 0. The van der Waals surface area contributed by atoms with Gasteiger partial charge >= 0.3 is 0 Å². The summed E-state index contributed by atoms with van der Waals surface area (Å²) in [5.74, 6) is 0.0297. The number of hydrogen-bond donors (Lipinski definition) is 1. The summed E-state index contributed by atoms with van der Waals surface area (Å²) >= 11 is 5.98. The molecule has 1 heterocycles. The van der Waals surface area contributed by atoms with E-state index in [9.17, 15) is 4.79 Å². The van der Waals surface area contributed by atoms with Crippen molar-refractivity contribution >= 4 is 29.9 Å². The van der Waals surface area contributed by atoms with E-state index < -0.39 is 0 Å². The molecule has 1 aromatic carbocycles. The van der Waals surface area contributed by atoms with Crippen LogP contribution in [0.1, 0.15) is 10.4 Å². The second-order valence-corrected chi connectivity index (χ2v) is 3.93. The average Bonchev–Trinajstić information content (AvgIpc) is 2.30. The van der Waals surface area contributed by atoms with E-state index >= 15 is 0 Å². The standard InChI is InChI=1S/C11H13ClN2O.ClH/c12-10-4-2-1-3-9(10)11(15)14-7-5-13-6-8-14;/h1-4,13H,5-8H2;1H. The van der Waals surface area contributed by atoms with E-state index in [0.29, 0.717) is 10.6 Å². The molecule has 5 heteroatoms. The van der Waals surface area contributed by atoms with Crippen LogP contribution in [0.5, 0.6) is 0 Å². The quantitative estimate of drug-likeness (QED) is 0.836. The van der Waals surface area contributed by atoms with Crippen molar-refractivity contribution in [3.63, 3.8) is 0 Å². The van der Waals surface area contributed by atoms with E-state index in [1.807, 2.05) is 17.0 Å². The van der Waals surface area contributed by atoms with E-state index in [-0.39, 0.29) is 18.3 Å². The molecule has 2 rings (SSSR count). The van der Waals surface area contributed by atoms with Gasteiger partial charge in [0.15, 0.2) is 0 Å². The smallest absolute Gasteiger partial charge is 0.255 e. The van der Waals surface area contributed by atoms with Crippen LogP contribution in [0.25, 0.3) is 0 Å². The maximum absolute atomic E-state index is 12.0. The Morgan fingerprint density at radius 2 is 1.88 bits per heavy atom. The Hall–Kier alpha value is -0.770. The molecule has 3 nitrogen and oxygen atoms in total. The Kier molecular flexibility index (Phi) is 5.06. The summed E-state index contributed by atoms with van der Waals surface area (Å²) in [5.41, 5.74) is 0.598. The summed E-state index contributed by atoms with van der Waals surface area (Å²) in [4.78, 5) is 13.9. The third-order valence-corrected chi connectivity index (χ3v) is 2.84. The first-order valence-electron chi connectivity index (χ1n) is 5.03. The topological polar surface area (TPSA) is 32.3 Å². The van der Waals surface area contributed by atoms with E-state index in [2.05, 4.69) is 5.32 Å². The van der Waals surface area contributed by atoms with Crippen LogP contribution >= 0.6 is 24.0 Å². The third kappa shape index (κ3) is 2.88. The monoisotopic (exact) mass is 260 g/mol. The van der Waals surface area contributed by atoms with Gasteiger partial charge in [-0.2, -0.15) is 0 Å². The number of amides is 1. The first-order valence-corrected chi connectivity index (χ1v) is 5.41. The maximum atomic E-state index is 12.0. The molecular weight excluding hydrogens is 247 g/mol. The normalized spacial score (nSPS) is 15.4. The van der Waals surface area contributed by atoms with Crippen LogP contribution in [0.4, 0.5) is 0 Å². The number of hydrogen-bond acceptors (Lipinski definition) is 2. The Bertz CT molecular complexity index is 365. The van der Waals surface area contributed by atoms with Crippen LogP contribution in [0.3, 0.4) is 0 Å². The third-order valence-electron chi connectivity index (χ3n) is 2.51. The molecule has 0 aromatic heterocycles. The van der Waals surface area contributed by atoms with Gasteiger partial charge in [0.05, 0.1) is 10.6 Å². The molecule has 0 spiro atoms. The largest absolute Gasteiger partial charge is 0.336 e. The molecule has 1 N–H and O–H groups in total. The molecule has 1 amide bonds. The van der Waals surface area contributed by atoms with Crippen molar-refractivity contribution in [2.45, 2.75) is 0 Å². The Balaban J connectivity index is 0.00000128. The number of nitrogens with zero attached hydrogens (tertiary/aromatic N) is 1. The summed E-state index contributed by atoms with van der Waals surface area (Å²) in [6, 6.07) is 7.18. The van der Waals surface area contributed by atoms with Gasteiger partial charge in [0.1, 0.15) is 0 Å². The molecule has 0 saturated carbocycles. The zero-order valence-electron chi connectivity index (χ0n) is 8.78. The number of halogens is 2. The zero-order chi connectivity index (χ0) is 10.7. The second kappa shape index (κ2) is 6.09. The molecule has 1 saturated heterocycles. The lowest BCUT2D eigenvalue weighted by Gasteiger charge is -2.27. The number of rotatable bonds is 1. The number of carbonyl (C=O) groups is 1. The molecule has 0 unspecified atom stereocenters. The second-order valence-electron chi connectivity index (χ2n) is 3.52. The minimum atomic E-state index is 0. The van der Waals surface area contributed by atoms with Crippen molar-refractivity contribution in [1.29, 1.82) is 0 Å². The summed E-state index contributed by atoms with van der Waals surface area (Å²) in [7, 11) is 0. The lowest BCUT2D eigenvalue weighted by Crippen LogP contribution is -2.46. The van der Waals surface area contributed by atoms with Gasteiger partial charge in [-0.25, -0.2) is 0 Å². The van der Waals surface area contributed by atoms with Crippen molar-refractivity contribution in [1.82, 2.24) is 10.2 Å². The van der Waals surface area contributed by atoms with Crippen LogP contribution < -0.4 is 5.32 Å². The SMILES string of the molecule is Cl.O=C(c1ccccc1Cl)N1CCNCC1. The lowest BCUT2D eigenvalue weighted by molar-refractivity contribution is 0.0736. The summed E-state index contributed by atoms with van der Waals surface area (Å²) in [6.45, 7) is 3.22. The minimum Gasteiger partial charge on any atom is -0.336 e. The molecule has 1 aliphatic heterocycles. The Morgan fingerprint density at radius 3 is 2.50 bits per heavy atom. The van der Waals surface area contributed by atoms with Gasteiger partial charge in [0.2, 0.25) is 0 Å². The maximum Gasteiger partial charge on any atom is 0.255 e. The van der Waals surface area contributed by atoms with Crippen LogP contribution in [-0.4, -0.2) is 37.0 Å². The molecule has 1 fully saturated rings. The summed E-state index contributed by atoms with van der Waals surface area (Å²) in [6.07, 6.45) is 0. The Morgan fingerprint density at radius 1 is 1.25 bits per heavy atom. The number of carbonyl (C=O) groups excluding carboxylic acids is 1. The molecule has 1 aliphatic rings. The molecule has 1 aromatic rings. The van der Waals surface area contributed by atoms with Gasteiger partial charge < -0.3 is 10.2 Å². The van der Waals surface area contributed by atoms with Gasteiger partial charge in [-0.05, 0) is 12.1 Å². The number of nitrogens with one attached hydrogen (secondary N) is 1. The molecule has 16 heavy (non-hydrogen) atoms. The van der Waals surface area contributed by atoms with E-state index in [4.69, 9.17) is 11.6 Å². The predicted molar refractivity (Wildman–Crippen MR) is 67.5 cm³/mol. The fraction of sp³-hybridized carbons (Fsp3) is 0.364. The van der Waals surface area contributed by atoms with Gasteiger partial charge in [0.25, 0.3) is 5.91 Å². The highest BCUT2D eigenvalue weighted by molar-refractivity contribution is 6.33. The van der Waals surface area contributed by atoms with E-state index in [1.54, 1.807) is 12.1 Å². The first kappa shape index (κ1) is 13.3. The fourth-order valence-corrected chi connectivity index (χ4v) is 1.89. The first-order chi connectivity index (χ1) is 7.29. The van der Waals surface area contributed by atoms with Crippen molar-refractivity contribution < 1.29 is 4.79 Å². The minimum absolute atomic E-state index is 0. The van der Waals surface area contributed by atoms with Crippen molar-refractivity contribution in [3.05, 3.63) is 34.9 Å². The number of benzene rings is 1.